The van der Waals surface area contributed by atoms with Gasteiger partial charge < -0.3 is 33.2 Å². The first kappa shape index (κ1) is 45.7. The predicted molar refractivity (Wildman–Crippen MR) is 204 cm³/mol. The Morgan fingerprint density at radius 2 is 1.28 bits per heavy atom. The molecule has 0 unspecified atom stereocenters. The quantitative estimate of drug-likeness (QED) is 0.0744. The molecule has 18 heteroatoms. The van der Waals surface area contributed by atoms with Crippen molar-refractivity contribution in [3.05, 3.63) is 92.0 Å². The van der Waals surface area contributed by atoms with E-state index in [0.29, 0.717) is 17.7 Å². The highest BCUT2D eigenvalue weighted by Gasteiger charge is 2.38. The van der Waals surface area contributed by atoms with Gasteiger partial charge in [-0.1, -0.05) is 30.2 Å². The number of esters is 4. The van der Waals surface area contributed by atoms with Crippen molar-refractivity contribution in [2.75, 3.05) is 33.9 Å². The number of hydrazine groups is 1. The lowest BCUT2D eigenvalue weighted by Crippen LogP contribution is -2.58. The van der Waals surface area contributed by atoms with Crippen molar-refractivity contribution < 1.29 is 66.8 Å². The van der Waals surface area contributed by atoms with E-state index in [1.165, 1.54) is 12.1 Å². The zero-order valence-electron chi connectivity index (χ0n) is 33.8. The van der Waals surface area contributed by atoms with Crippen LogP contribution in [0.25, 0.3) is 0 Å². The molecule has 0 spiro atoms. The summed E-state index contributed by atoms with van der Waals surface area (Å²) in [5, 5.41) is 15.0. The van der Waals surface area contributed by atoms with Gasteiger partial charge in [0.2, 0.25) is 13.6 Å². The van der Waals surface area contributed by atoms with Gasteiger partial charge in [0.15, 0.2) is 24.7 Å². The molecule has 0 heterocycles. The van der Waals surface area contributed by atoms with Crippen LogP contribution in [0.5, 0.6) is 17.2 Å². The van der Waals surface area contributed by atoms with Crippen molar-refractivity contribution in [1.29, 1.82) is 0 Å². The van der Waals surface area contributed by atoms with E-state index in [2.05, 4.69) is 9.47 Å². The van der Waals surface area contributed by atoms with Gasteiger partial charge in [-0.25, -0.2) is 19.6 Å². The molecule has 3 aromatic carbocycles. The van der Waals surface area contributed by atoms with Crippen LogP contribution >= 0.6 is 0 Å². The Morgan fingerprint density at radius 3 is 1.74 bits per heavy atom. The number of rotatable bonds is 17. The third-order valence-electron chi connectivity index (χ3n) is 8.03. The van der Waals surface area contributed by atoms with E-state index < -0.39 is 90.9 Å². The number of hydrogen-bond acceptors (Lipinski definition) is 15. The second-order valence-corrected chi connectivity index (χ2v) is 13.7. The molecule has 0 saturated carbocycles. The summed E-state index contributed by atoms with van der Waals surface area (Å²) in [6.07, 6.45) is 0.348. The number of nitro benzene ring substituents is 1. The second kappa shape index (κ2) is 20.4. The molecule has 0 fully saturated rings. The molecule has 3 rings (SSSR count). The molecule has 0 radical (unpaired) electrons. The van der Waals surface area contributed by atoms with Gasteiger partial charge in [-0.3, -0.25) is 29.3 Å². The van der Waals surface area contributed by atoms with E-state index in [-0.39, 0.29) is 22.4 Å². The van der Waals surface area contributed by atoms with E-state index in [4.69, 9.17) is 23.7 Å². The minimum Gasteiger partial charge on any atom is -0.496 e. The maximum absolute atomic E-state index is 14.9. The lowest BCUT2D eigenvalue weighted by Gasteiger charge is -2.44. The van der Waals surface area contributed by atoms with E-state index in [1.54, 1.807) is 51.1 Å². The molecule has 0 aliphatic carbocycles. The lowest BCUT2D eigenvalue weighted by molar-refractivity contribution is -0.385. The van der Waals surface area contributed by atoms with Crippen molar-refractivity contribution in [1.82, 2.24) is 10.0 Å². The van der Waals surface area contributed by atoms with Crippen LogP contribution in [-0.4, -0.2) is 90.1 Å². The van der Waals surface area contributed by atoms with Gasteiger partial charge in [-0.2, -0.15) is 0 Å². The summed E-state index contributed by atoms with van der Waals surface area (Å²) in [6, 6.07) is 12.1. The Bertz CT molecular complexity index is 2020. The minimum atomic E-state index is -1.12. The Balaban J connectivity index is 2.25. The molecule has 58 heavy (non-hydrogen) atoms. The van der Waals surface area contributed by atoms with Crippen molar-refractivity contribution in [3.63, 3.8) is 0 Å². The van der Waals surface area contributed by atoms with Gasteiger partial charge in [0, 0.05) is 30.5 Å². The summed E-state index contributed by atoms with van der Waals surface area (Å²) in [7, 11) is 1.45. The summed E-state index contributed by atoms with van der Waals surface area (Å²) >= 11 is 0. The normalized spacial score (nSPS) is 10.8. The number of nitro groups is 1. The largest absolute Gasteiger partial charge is 0.496 e. The zero-order chi connectivity index (χ0) is 43.3. The Labute approximate surface area is 334 Å². The van der Waals surface area contributed by atoms with Crippen LogP contribution in [-0.2, 0) is 51.1 Å². The highest BCUT2D eigenvalue weighted by molar-refractivity contribution is 6.00. The van der Waals surface area contributed by atoms with Crippen molar-refractivity contribution >= 4 is 41.4 Å². The first-order valence-corrected chi connectivity index (χ1v) is 17.8. The summed E-state index contributed by atoms with van der Waals surface area (Å²) in [6.45, 7) is 8.99. The number of carbonyl (C=O) groups excluding carboxylic acids is 6. The molecule has 0 bridgehead atoms. The number of amides is 2. The van der Waals surface area contributed by atoms with Gasteiger partial charge in [0.25, 0.3) is 17.5 Å². The number of carbonyl (C=O) groups is 6. The smallest absolute Gasteiger partial charge is 0.347 e. The Kier molecular flexibility index (Phi) is 16.1. The van der Waals surface area contributed by atoms with Crippen molar-refractivity contribution in [2.45, 2.75) is 73.9 Å². The average Bonchev–Trinajstić information content (AvgIpc) is 3.14. The van der Waals surface area contributed by atoms with E-state index in [0.717, 1.165) is 42.1 Å². The van der Waals surface area contributed by atoms with Gasteiger partial charge in [0.1, 0.15) is 5.75 Å². The maximum Gasteiger partial charge on any atom is 0.347 e. The number of hydrogen-bond donors (Lipinski definition) is 0. The number of methoxy groups -OCH3 is 1. The van der Waals surface area contributed by atoms with Crippen molar-refractivity contribution in [2.24, 2.45) is 0 Å². The number of nitrogens with zero attached hydrogens (tertiary/aromatic N) is 3. The average molecular weight is 810 g/mol. The molecule has 0 atom stereocenters. The summed E-state index contributed by atoms with van der Waals surface area (Å²) in [5.74, 6) is -5.12. The maximum atomic E-state index is 14.9. The number of aryl methyl sites for hydroxylation is 2. The molecule has 0 N–H and O–H groups in total. The molecule has 3 aromatic rings. The molecule has 0 aliphatic rings. The lowest BCUT2D eigenvalue weighted by atomic mass is 10.0. The molecule has 0 saturated heterocycles. The molecule has 18 nitrogen and oxygen atoms in total. The number of ether oxygens (including phenoxy) is 7. The second-order valence-electron chi connectivity index (χ2n) is 13.7. The van der Waals surface area contributed by atoms with Crippen LogP contribution in [0, 0.1) is 24.0 Å². The minimum absolute atomic E-state index is 0.159. The molecular formula is C40H47N3O15. The van der Waals surface area contributed by atoms with Gasteiger partial charge in [-0.15, -0.1) is 0 Å². The fourth-order valence-corrected chi connectivity index (χ4v) is 5.68. The fourth-order valence-electron chi connectivity index (χ4n) is 5.68. The molecule has 0 aliphatic heterocycles. The third-order valence-corrected chi connectivity index (χ3v) is 8.03. The Hall–Kier alpha value is -6.72. The van der Waals surface area contributed by atoms with Crippen LogP contribution in [0.4, 0.5) is 5.69 Å². The Morgan fingerprint density at radius 1 is 0.741 bits per heavy atom. The SMILES string of the molecule is CCc1c(OC)cccc1C(=O)N(Cc1cc(OCC(=O)OCOC(C)=O)c(OCC(=O)OCOC(C)=O)cc1[N+](=O)[O-])N(C(=O)c1cc(C)cc(C)c1)C(C)(C)C. The van der Waals surface area contributed by atoms with Crippen LogP contribution in [0.2, 0.25) is 0 Å². The number of benzene rings is 3. The molecule has 0 aromatic heterocycles. The zero-order valence-corrected chi connectivity index (χ0v) is 33.8. The highest BCUT2D eigenvalue weighted by atomic mass is 16.7. The van der Waals surface area contributed by atoms with Gasteiger partial charge in [0.05, 0.1) is 35.7 Å². The van der Waals surface area contributed by atoms with Crippen LogP contribution in [0.15, 0.2) is 48.5 Å². The summed E-state index contributed by atoms with van der Waals surface area (Å²) < 4.78 is 35.5. The molecule has 2 amide bonds. The summed E-state index contributed by atoms with van der Waals surface area (Å²) in [4.78, 5) is 88.5. The van der Waals surface area contributed by atoms with E-state index >= 15 is 0 Å². The topological polar surface area (TPSA) is 217 Å². The standard InChI is InChI=1S/C40H47N3O15/c1-10-30-31(12-11-13-33(30)52-9)39(49)41(42(40(6,7)8)38(48)28-15-24(2)14-25(3)16-28)19-29-17-34(53-20-36(46)57-22-55-26(4)44)35(18-32(29)43(50)51)54-21-37(47)58-23-56-27(5)45/h11-18H,10,19-23H2,1-9H3. The van der Waals surface area contributed by atoms with Crippen molar-refractivity contribution in [3.8, 4) is 17.2 Å². The highest BCUT2D eigenvalue weighted by Crippen LogP contribution is 2.37. The van der Waals surface area contributed by atoms with Crippen LogP contribution < -0.4 is 14.2 Å². The first-order chi connectivity index (χ1) is 27.3. The summed E-state index contributed by atoms with van der Waals surface area (Å²) in [5.41, 5.74) is 0.562. The molecule has 312 valence electrons. The predicted octanol–water partition coefficient (Wildman–Crippen LogP) is 5.17. The van der Waals surface area contributed by atoms with E-state index in [9.17, 15) is 38.9 Å². The monoisotopic (exact) mass is 809 g/mol. The van der Waals surface area contributed by atoms with Gasteiger partial charge >= 0.3 is 23.9 Å². The van der Waals surface area contributed by atoms with E-state index in [1.807, 2.05) is 26.8 Å². The fraction of sp³-hybridized carbons (Fsp3) is 0.400. The van der Waals surface area contributed by atoms with Gasteiger partial charge in [-0.05, 0) is 71.4 Å². The van der Waals surface area contributed by atoms with Crippen LogP contribution in [0.1, 0.15) is 84.5 Å². The first-order valence-electron chi connectivity index (χ1n) is 17.8. The molecular weight excluding hydrogens is 762 g/mol. The van der Waals surface area contributed by atoms with Crippen LogP contribution in [0.3, 0.4) is 0 Å². The third kappa shape index (κ3) is 12.7.